The summed E-state index contributed by atoms with van der Waals surface area (Å²) in [4.78, 5) is 0. The molecule has 4 nitrogen and oxygen atoms in total. The summed E-state index contributed by atoms with van der Waals surface area (Å²) in [6, 6.07) is 31.8. The number of epoxide rings is 2. The van der Waals surface area contributed by atoms with E-state index in [4.69, 9.17) is 18.9 Å². The number of hydrogen-bond donors (Lipinski definition) is 0. The quantitative estimate of drug-likeness (QED) is 0.263. The minimum absolute atomic E-state index is 0.221. The predicted octanol–water partition coefficient (Wildman–Crippen LogP) is 6.55. The summed E-state index contributed by atoms with van der Waals surface area (Å²) in [6.07, 6.45) is 0.486. The van der Waals surface area contributed by atoms with Crippen LogP contribution >= 0.6 is 0 Å². The molecule has 35 heavy (non-hydrogen) atoms. The van der Waals surface area contributed by atoms with Gasteiger partial charge in [-0.05, 0) is 64.6 Å². The smallest absolute Gasteiger partial charge is 0.127 e. The third kappa shape index (κ3) is 5.24. The second-order valence-electron chi connectivity index (χ2n) is 9.16. The van der Waals surface area contributed by atoms with Gasteiger partial charge in [0.05, 0.1) is 13.2 Å². The Morgan fingerprint density at radius 3 is 1.80 bits per heavy atom. The molecular formula is C31H28O4. The Morgan fingerprint density at radius 1 is 0.629 bits per heavy atom. The number of aryl methyl sites for hydroxylation is 1. The van der Waals surface area contributed by atoms with Gasteiger partial charge in [-0.25, -0.2) is 0 Å². The first-order valence-corrected chi connectivity index (χ1v) is 12.1. The Morgan fingerprint density at radius 2 is 1.17 bits per heavy atom. The molecule has 176 valence electrons. The van der Waals surface area contributed by atoms with Crippen molar-refractivity contribution in [3.8, 4) is 44.9 Å². The van der Waals surface area contributed by atoms with Crippen LogP contribution in [-0.2, 0) is 9.47 Å². The van der Waals surface area contributed by atoms with E-state index in [0.717, 1.165) is 35.8 Å². The van der Waals surface area contributed by atoms with Crippen molar-refractivity contribution in [3.63, 3.8) is 0 Å². The number of ether oxygens (including phenoxy) is 4. The molecule has 0 amide bonds. The molecule has 0 bridgehead atoms. The first kappa shape index (κ1) is 21.9. The summed E-state index contributed by atoms with van der Waals surface area (Å²) >= 11 is 0. The van der Waals surface area contributed by atoms with Gasteiger partial charge in [-0.2, -0.15) is 0 Å². The molecule has 2 heterocycles. The Balaban J connectivity index is 1.26. The Kier molecular flexibility index (Phi) is 5.99. The largest absolute Gasteiger partial charge is 0.491 e. The van der Waals surface area contributed by atoms with E-state index in [1.807, 2.05) is 18.2 Å². The van der Waals surface area contributed by atoms with Crippen molar-refractivity contribution >= 4 is 0 Å². The molecule has 6 rings (SSSR count). The van der Waals surface area contributed by atoms with Crippen LogP contribution in [0.4, 0.5) is 0 Å². The van der Waals surface area contributed by atoms with Gasteiger partial charge < -0.3 is 18.9 Å². The summed E-state index contributed by atoms with van der Waals surface area (Å²) in [6.45, 7) is 4.95. The van der Waals surface area contributed by atoms with Crippen LogP contribution in [0.2, 0.25) is 0 Å². The summed E-state index contributed by atoms with van der Waals surface area (Å²) in [7, 11) is 0. The minimum Gasteiger partial charge on any atom is -0.491 e. The van der Waals surface area contributed by atoms with Gasteiger partial charge >= 0.3 is 0 Å². The lowest BCUT2D eigenvalue weighted by molar-refractivity contribution is 0.263. The van der Waals surface area contributed by atoms with Gasteiger partial charge in [0.2, 0.25) is 0 Å². The fourth-order valence-corrected chi connectivity index (χ4v) is 4.24. The van der Waals surface area contributed by atoms with E-state index in [2.05, 4.69) is 79.7 Å². The Labute approximate surface area is 206 Å². The summed E-state index contributed by atoms with van der Waals surface area (Å²) in [5.41, 5.74) is 8.16. The van der Waals surface area contributed by atoms with Gasteiger partial charge in [-0.15, -0.1) is 0 Å². The van der Waals surface area contributed by atoms with Crippen LogP contribution in [0.1, 0.15) is 5.56 Å². The molecule has 2 saturated heterocycles. The van der Waals surface area contributed by atoms with Gasteiger partial charge in [0.1, 0.15) is 36.9 Å². The highest BCUT2D eigenvalue weighted by atomic mass is 16.6. The van der Waals surface area contributed by atoms with Crippen molar-refractivity contribution in [1.29, 1.82) is 0 Å². The SMILES string of the molecule is Cc1cc(OCC2CO2)c(-c2ccccc2)cc1-c1ccc(-c2ccc(OCC3CO3)cc2)cc1. The molecule has 0 aromatic heterocycles. The third-order valence-electron chi connectivity index (χ3n) is 6.46. The average molecular weight is 465 g/mol. The van der Waals surface area contributed by atoms with Crippen molar-refractivity contribution < 1.29 is 18.9 Å². The number of rotatable bonds is 9. The second-order valence-corrected chi connectivity index (χ2v) is 9.16. The normalized spacial score (nSPS) is 18.2. The number of hydrogen-bond acceptors (Lipinski definition) is 4. The van der Waals surface area contributed by atoms with Crippen molar-refractivity contribution in [2.75, 3.05) is 26.4 Å². The van der Waals surface area contributed by atoms with Gasteiger partial charge in [0.15, 0.2) is 0 Å². The molecule has 2 aliphatic heterocycles. The fourth-order valence-electron chi connectivity index (χ4n) is 4.24. The maximum Gasteiger partial charge on any atom is 0.127 e. The zero-order valence-corrected chi connectivity index (χ0v) is 19.8. The minimum atomic E-state index is 0.221. The van der Waals surface area contributed by atoms with Crippen molar-refractivity contribution in [3.05, 3.63) is 96.6 Å². The molecule has 2 atom stereocenters. The van der Waals surface area contributed by atoms with Crippen molar-refractivity contribution in [2.45, 2.75) is 19.1 Å². The molecule has 2 fully saturated rings. The van der Waals surface area contributed by atoms with Crippen LogP contribution in [0.5, 0.6) is 11.5 Å². The van der Waals surface area contributed by atoms with Gasteiger partial charge in [-0.3, -0.25) is 0 Å². The predicted molar refractivity (Wildman–Crippen MR) is 138 cm³/mol. The van der Waals surface area contributed by atoms with Crippen LogP contribution in [0.25, 0.3) is 33.4 Å². The van der Waals surface area contributed by atoms with E-state index in [1.165, 1.54) is 27.8 Å². The lowest BCUT2D eigenvalue weighted by Crippen LogP contribution is -2.05. The highest BCUT2D eigenvalue weighted by molar-refractivity contribution is 5.81. The van der Waals surface area contributed by atoms with Crippen LogP contribution in [0.3, 0.4) is 0 Å². The van der Waals surface area contributed by atoms with E-state index < -0.39 is 0 Å². The molecule has 0 saturated carbocycles. The van der Waals surface area contributed by atoms with E-state index in [-0.39, 0.29) is 12.2 Å². The third-order valence-corrected chi connectivity index (χ3v) is 6.46. The first-order valence-electron chi connectivity index (χ1n) is 12.1. The lowest BCUT2D eigenvalue weighted by atomic mass is 9.93. The standard InChI is InChI=1S/C31H28O4/c1-21-15-31(35-20-28-19-34-28)30(24-5-3-2-4-6-24)16-29(21)25-9-7-22(8-10-25)23-11-13-26(14-12-23)32-17-27-18-33-27/h2-16,27-28H,17-20H2,1H3. The second kappa shape index (κ2) is 9.57. The monoisotopic (exact) mass is 464 g/mol. The highest BCUT2D eigenvalue weighted by Gasteiger charge is 2.24. The highest BCUT2D eigenvalue weighted by Crippen LogP contribution is 2.38. The molecule has 0 radical (unpaired) electrons. The molecule has 0 spiro atoms. The molecule has 4 aromatic carbocycles. The Bertz CT molecular complexity index is 1290. The zero-order chi connectivity index (χ0) is 23.6. The molecule has 2 unspecified atom stereocenters. The molecule has 4 aromatic rings. The summed E-state index contributed by atoms with van der Waals surface area (Å²) in [5, 5.41) is 0. The molecule has 2 aliphatic rings. The maximum absolute atomic E-state index is 6.17. The summed E-state index contributed by atoms with van der Waals surface area (Å²) < 4.78 is 22.5. The average Bonchev–Trinajstić information content (AvgIpc) is 3.83. The first-order chi connectivity index (χ1) is 17.2. The zero-order valence-electron chi connectivity index (χ0n) is 19.8. The van der Waals surface area contributed by atoms with Crippen LogP contribution in [-0.4, -0.2) is 38.6 Å². The van der Waals surface area contributed by atoms with E-state index in [1.54, 1.807) is 0 Å². The lowest BCUT2D eigenvalue weighted by Gasteiger charge is -2.16. The van der Waals surface area contributed by atoms with E-state index >= 15 is 0 Å². The Hall–Kier alpha value is -3.60. The van der Waals surface area contributed by atoms with Crippen molar-refractivity contribution in [2.24, 2.45) is 0 Å². The van der Waals surface area contributed by atoms with E-state index in [0.29, 0.717) is 13.2 Å². The molecule has 0 aliphatic carbocycles. The molecule has 0 N–H and O–H groups in total. The fraction of sp³-hybridized carbons (Fsp3) is 0.226. The van der Waals surface area contributed by atoms with Crippen molar-refractivity contribution in [1.82, 2.24) is 0 Å². The van der Waals surface area contributed by atoms with Crippen LogP contribution in [0, 0.1) is 6.92 Å². The topological polar surface area (TPSA) is 43.5 Å². The van der Waals surface area contributed by atoms with Gasteiger partial charge in [0.25, 0.3) is 0 Å². The molecular weight excluding hydrogens is 436 g/mol. The van der Waals surface area contributed by atoms with Gasteiger partial charge in [0, 0.05) is 5.56 Å². The van der Waals surface area contributed by atoms with Crippen LogP contribution < -0.4 is 9.47 Å². The number of benzene rings is 4. The van der Waals surface area contributed by atoms with Crippen LogP contribution in [0.15, 0.2) is 91.0 Å². The molecule has 4 heteroatoms. The summed E-state index contributed by atoms with van der Waals surface area (Å²) in [5.74, 6) is 1.78. The van der Waals surface area contributed by atoms with Gasteiger partial charge in [-0.1, -0.05) is 66.7 Å². The van der Waals surface area contributed by atoms with E-state index in [9.17, 15) is 0 Å². The maximum atomic E-state index is 6.17.